The van der Waals surface area contributed by atoms with Gasteiger partial charge in [0, 0.05) is 37.4 Å². The molecule has 1 saturated heterocycles. The molecule has 0 atom stereocenters. The van der Waals surface area contributed by atoms with Crippen LogP contribution in [0.1, 0.15) is 15.9 Å². The first-order valence-electron chi connectivity index (χ1n) is 9.68. The zero-order valence-electron chi connectivity index (χ0n) is 16.3. The minimum Gasteiger partial charge on any atom is -0.368 e. The Hall–Kier alpha value is -3.41. The number of hydrogen-bond donors (Lipinski definition) is 1. The number of aryl methyl sites for hydroxylation is 1. The Labute approximate surface area is 169 Å². The number of amides is 1. The molecular formula is C23H23FN4O. The van der Waals surface area contributed by atoms with Crippen LogP contribution in [0.2, 0.25) is 0 Å². The maximum absolute atomic E-state index is 13.1. The minimum absolute atomic E-state index is 0.165. The van der Waals surface area contributed by atoms with Gasteiger partial charge >= 0.3 is 0 Å². The van der Waals surface area contributed by atoms with Crippen LogP contribution in [0.3, 0.4) is 0 Å². The van der Waals surface area contributed by atoms with Crippen molar-refractivity contribution in [3.05, 3.63) is 83.8 Å². The second kappa shape index (κ2) is 8.31. The van der Waals surface area contributed by atoms with E-state index in [2.05, 4.69) is 20.1 Å². The van der Waals surface area contributed by atoms with Crippen LogP contribution in [-0.4, -0.2) is 37.1 Å². The number of nitrogens with zero attached hydrogens (tertiary/aromatic N) is 3. The molecule has 6 heteroatoms. The number of carbonyl (C=O) groups excluding carboxylic acids is 1. The molecule has 5 nitrogen and oxygen atoms in total. The average Bonchev–Trinajstić information content (AvgIpc) is 2.75. The van der Waals surface area contributed by atoms with Gasteiger partial charge < -0.3 is 15.1 Å². The monoisotopic (exact) mass is 390 g/mol. The SMILES string of the molecule is Cc1cccc(C(=O)Nc2ccc(N3CCN(c4ccc(F)cc4)CC3)cn2)c1. The van der Waals surface area contributed by atoms with Crippen molar-refractivity contribution in [3.63, 3.8) is 0 Å². The summed E-state index contributed by atoms with van der Waals surface area (Å²) in [5.74, 6) is 0.153. The molecule has 29 heavy (non-hydrogen) atoms. The molecule has 1 aromatic heterocycles. The largest absolute Gasteiger partial charge is 0.368 e. The second-order valence-electron chi connectivity index (χ2n) is 7.18. The third kappa shape index (κ3) is 4.54. The number of benzene rings is 2. The lowest BCUT2D eigenvalue weighted by Gasteiger charge is -2.37. The van der Waals surface area contributed by atoms with Gasteiger partial charge in [0.05, 0.1) is 11.9 Å². The summed E-state index contributed by atoms with van der Waals surface area (Å²) in [5.41, 5.74) is 3.73. The Morgan fingerprint density at radius 2 is 1.59 bits per heavy atom. The topological polar surface area (TPSA) is 48.5 Å². The van der Waals surface area contributed by atoms with Gasteiger partial charge in [-0.15, -0.1) is 0 Å². The van der Waals surface area contributed by atoms with Gasteiger partial charge in [-0.3, -0.25) is 4.79 Å². The summed E-state index contributed by atoms with van der Waals surface area (Å²) in [6.07, 6.45) is 1.79. The Balaban J connectivity index is 1.35. The average molecular weight is 390 g/mol. The normalized spacial score (nSPS) is 14.0. The highest BCUT2D eigenvalue weighted by Crippen LogP contribution is 2.21. The first kappa shape index (κ1) is 18.9. The number of anilines is 3. The molecule has 3 aromatic rings. The summed E-state index contributed by atoms with van der Waals surface area (Å²) in [6, 6.07) is 17.9. The number of nitrogens with one attached hydrogen (secondary N) is 1. The molecular weight excluding hydrogens is 367 g/mol. The Bertz CT molecular complexity index is 981. The van der Waals surface area contributed by atoms with Gasteiger partial charge in [-0.1, -0.05) is 17.7 Å². The van der Waals surface area contributed by atoms with Crippen LogP contribution in [0.4, 0.5) is 21.6 Å². The molecule has 2 aromatic carbocycles. The van der Waals surface area contributed by atoms with Gasteiger partial charge in [-0.25, -0.2) is 9.37 Å². The third-order valence-electron chi connectivity index (χ3n) is 5.11. The van der Waals surface area contributed by atoms with E-state index in [-0.39, 0.29) is 11.7 Å². The maximum Gasteiger partial charge on any atom is 0.256 e. The Kier molecular flexibility index (Phi) is 5.42. The van der Waals surface area contributed by atoms with E-state index in [0.717, 1.165) is 43.1 Å². The third-order valence-corrected chi connectivity index (χ3v) is 5.11. The van der Waals surface area contributed by atoms with E-state index in [1.54, 1.807) is 12.3 Å². The predicted molar refractivity (Wildman–Crippen MR) is 114 cm³/mol. The van der Waals surface area contributed by atoms with Crippen molar-refractivity contribution in [1.82, 2.24) is 4.98 Å². The molecule has 1 amide bonds. The van der Waals surface area contributed by atoms with Gasteiger partial charge in [0.2, 0.25) is 0 Å². The molecule has 0 saturated carbocycles. The fraction of sp³-hybridized carbons (Fsp3) is 0.217. The van der Waals surface area contributed by atoms with Gasteiger partial charge in [0.25, 0.3) is 5.91 Å². The summed E-state index contributed by atoms with van der Waals surface area (Å²) < 4.78 is 13.1. The smallest absolute Gasteiger partial charge is 0.256 e. The van der Waals surface area contributed by atoms with E-state index in [1.807, 2.05) is 49.4 Å². The summed E-state index contributed by atoms with van der Waals surface area (Å²) in [4.78, 5) is 21.3. The number of carbonyl (C=O) groups is 1. The van der Waals surface area contributed by atoms with E-state index in [0.29, 0.717) is 11.4 Å². The van der Waals surface area contributed by atoms with Crippen LogP contribution in [0.25, 0.3) is 0 Å². The van der Waals surface area contributed by atoms with E-state index >= 15 is 0 Å². The van der Waals surface area contributed by atoms with Crippen LogP contribution in [-0.2, 0) is 0 Å². The molecule has 2 heterocycles. The molecule has 0 spiro atoms. The van der Waals surface area contributed by atoms with Crippen molar-refractivity contribution in [1.29, 1.82) is 0 Å². The molecule has 0 unspecified atom stereocenters. The Morgan fingerprint density at radius 1 is 0.931 bits per heavy atom. The van der Waals surface area contributed by atoms with Crippen molar-refractivity contribution in [3.8, 4) is 0 Å². The number of hydrogen-bond acceptors (Lipinski definition) is 4. The van der Waals surface area contributed by atoms with Crippen LogP contribution in [0, 0.1) is 12.7 Å². The molecule has 0 bridgehead atoms. The molecule has 0 radical (unpaired) electrons. The molecule has 1 fully saturated rings. The molecule has 0 aliphatic carbocycles. The molecule has 1 N–H and O–H groups in total. The first-order valence-corrected chi connectivity index (χ1v) is 9.68. The highest BCUT2D eigenvalue weighted by molar-refractivity contribution is 6.03. The van der Waals surface area contributed by atoms with Gasteiger partial charge in [-0.2, -0.15) is 0 Å². The second-order valence-corrected chi connectivity index (χ2v) is 7.18. The zero-order chi connectivity index (χ0) is 20.2. The van der Waals surface area contributed by atoms with Crippen LogP contribution >= 0.6 is 0 Å². The standard InChI is InChI=1S/C23H23FN4O/c1-17-3-2-4-18(15-17)23(29)26-22-10-9-21(16-25-22)28-13-11-27(12-14-28)20-7-5-19(24)6-8-20/h2-10,15-16H,11-14H2,1H3,(H,25,26,29). The number of halogens is 1. The molecule has 4 rings (SSSR count). The number of rotatable bonds is 4. The molecule has 1 aliphatic rings. The van der Waals surface area contributed by atoms with Crippen molar-refractivity contribution >= 4 is 23.1 Å². The predicted octanol–water partition coefficient (Wildman–Crippen LogP) is 4.11. The van der Waals surface area contributed by atoms with Crippen LogP contribution in [0.5, 0.6) is 0 Å². The lowest BCUT2D eigenvalue weighted by Crippen LogP contribution is -2.46. The number of pyridine rings is 1. The van der Waals surface area contributed by atoms with E-state index < -0.39 is 0 Å². The molecule has 148 valence electrons. The fourth-order valence-electron chi connectivity index (χ4n) is 3.50. The highest BCUT2D eigenvalue weighted by Gasteiger charge is 2.18. The number of piperazine rings is 1. The number of aromatic nitrogens is 1. The van der Waals surface area contributed by atoms with Crippen LogP contribution < -0.4 is 15.1 Å². The van der Waals surface area contributed by atoms with Gasteiger partial charge in [0.15, 0.2) is 0 Å². The maximum atomic E-state index is 13.1. The fourth-order valence-corrected chi connectivity index (χ4v) is 3.50. The van der Waals surface area contributed by atoms with Crippen molar-refractivity contribution in [2.75, 3.05) is 41.3 Å². The van der Waals surface area contributed by atoms with E-state index in [1.165, 1.54) is 12.1 Å². The van der Waals surface area contributed by atoms with E-state index in [9.17, 15) is 9.18 Å². The highest BCUT2D eigenvalue weighted by atomic mass is 19.1. The lowest BCUT2D eigenvalue weighted by atomic mass is 10.1. The van der Waals surface area contributed by atoms with Crippen molar-refractivity contribution < 1.29 is 9.18 Å². The van der Waals surface area contributed by atoms with Crippen LogP contribution in [0.15, 0.2) is 66.9 Å². The lowest BCUT2D eigenvalue weighted by molar-refractivity contribution is 0.102. The summed E-state index contributed by atoms with van der Waals surface area (Å²) in [5, 5.41) is 2.84. The van der Waals surface area contributed by atoms with Crippen molar-refractivity contribution in [2.24, 2.45) is 0 Å². The summed E-state index contributed by atoms with van der Waals surface area (Å²) in [7, 11) is 0. The zero-order valence-corrected chi connectivity index (χ0v) is 16.3. The van der Waals surface area contributed by atoms with Gasteiger partial charge in [0.1, 0.15) is 11.6 Å². The van der Waals surface area contributed by atoms with Gasteiger partial charge in [-0.05, 0) is 55.5 Å². The molecule has 1 aliphatic heterocycles. The van der Waals surface area contributed by atoms with Crippen molar-refractivity contribution in [2.45, 2.75) is 6.92 Å². The quantitative estimate of drug-likeness (QED) is 0.728. The van der Waals surface area contributed by atoms with E-state index in [4.69, 9.17) is 0 Å². The minimum atomic E-state index is -0.215. The Morgan fingerprint density at radius 3 is 2.21 bits per heavy atom. The first-order chi connectivity index (χ1) is 14.1. The summed E-state index contributed by atoms with van der Waals surface area (Å²) in [6.45, 7) is 5.39. The summed E-state index contributed by atoms with van der Waals surface area (Å²) >= 11 is 0.